The molecule has 1 aliphatic rings. The lowest BCUT2D eigenvalue weighted by Gasteiger charge is -2.21. The molecule has 1 unspecified atom stereocenters. The predicted octanol–water partition coefficient (Wildman–Crippen LogP) is 1.67. The fourth-order valence-electron chi connectivity index (χ4n) is 2.45. The number of benzene rings is 1. The summed E-state index contributed by atoms with van der Waals surface area (Å²) in [4.78, 5) is 2.38. The Morgan fingerprint density at radius 3 is 3.00 bits per heavy atom. The SMILES string of the molecule is NC(=S)c1cc(F)ccc1N1CCC(CCO)C1. The predicted molar refractivity (Wildman–Crippen MR) is 74.3 cm³/mol. The Labute approximate surface area is 111 Å². The second-order valence-corrected chi connectivity index (χ2v) is 5.08. The number of thiocarbonyl (C=S) groups is 1. The molecule has 1 atom stereocenters. The molecule has 0 aliphatic carbocycles. The highest BCUT2D eigenvalue weighted by Gasteiger charge is 2.24. The third kappa shape index (κ3) is 2.79. The van der Waals surface area contributed by atoms with Crippen molar-refractivity contribution in [2.75, 3.05) is 24.6 Å². The molecule has 1 aliphatic heterocycles. The van der Waals surface area contributed by atoms with Crippen LogP contribution in [0.4, 0.5) is 10.1 Å². The molecule has 0 saturated carbocycles. The number of aliphatic hydroxyl groups excluding tert-OH is 1. The molecule has 3 N–H and O–H groups in total. The lowest BCUT2D eigenvalue weighted by Crippen LogP contribution is -2.24. The molecule has 1 aromatic rings. The summed E-state index contributed by atoms with van der Waals surface area (Å²) in [6, 6.07) is 4.54. The van der Waals surface area contributed by atoms with E-state index in [2.05, 4.69) is 4.90 Å². The van der Waals surface area contributed by atoms with Crippen LogP contribution in [-0.2, 0) is 0 Å². The maximum Gasteiger partial charge on any atom is 0.124 e. The third-order valence-electron chi connectivity index (χ3n) is 3.39. The van der Waals surface area contributed by atoms with Gasteiger partial charge in [-0.1, -0.05) is 12.2 Å². The average Bonchev–Trinajstić information content (AvgIpc) is 2.78. The third-order valence-corrected chi connectivity index (χ3v) is 3.61. The molecule has 1 aromatic carbocycles. The van der Waals surface area contributed by atoms with Gasteiger partial charge in [0.05, 0.1) is 0 Å². The van der Waals surface area contributed by atoms with Gasteiger partial charge in [-0.25, -0.2) is 4.39 Å². The van der Waals surface area contributed by atoms with Gasteiger partial charge in [0.2, 0.25) is 0 Å². The molecule has 0 radical (unpaired) electrons. The first kappa shape index (κ1) is 13.2. The van der Waals surface area contributed by atoms with E-state index in [0.29, 0.717) is 11.5 Å². The molecule has 1 fully saturated rings. The van der Waals surface area contributed by atoms with Crippen LogP contribution in [0.5, 0.6) is 0 Å². The summed E-state index contributed by atoms with van der Waals surface area (Å²) in [7, 11) is 0. The van der Waals surface area contributed by atoms with Crippen LogP contribution in [0, 0.1) is 11.7 Å². The highest BCUT2D eigenvalue weighted by Crippen LogP contribution is 2.28. The van der Waals surface area contributed by atoms with E-state index < -0.39 is 0 Å². The second-order valence-electron chi connectivity index (χ2n) is 4.64. The van der Waals surface area contributed by atoms with E-state index in [0.717, 1.165) is 31.6 Å². The van der Waals surface area contributed by atoms with Crippen LogP contribution in [0.15, 0.2) is 18.2 Å². The summed E-state index contributed by atoms with van der Waals surface area (Å²) >= 11 is 4.97. The van der Waals surface area contributed by atoms with Gasteiger partial charge < -0.3 is 15.7 Å². The summed E-state index contributed by atoms with van der Waals surface area (Å²) in [5, 5.41) is 8.95. The minimum absolute atomic E-state index is 0.212. The van der Waals surface area contributed by atoms with Gasteiger partial charge in [-0.2, -0.15) is 0 Å². The first-order valence-electron chi connectivity index (χ1n) is 6.07. The van der Waals surface area contributed by atoms with Gasteiger partial charge >= 0.3 is 0 Å². The number of nitrogens with two attached hydrogens (primary N) is 1. The number of rotatable bonds is 4. The van der Waals surface area contributed by atoms with Crippen LogP contribution in [0.3, 0.4) is 0 Å². The van der Waals surface area contributed by atoms with Crippen molar-refractivity contribution in [1.29, 1.82) is 0 Å². The minimum atomic E-state index is -0.326. The van der Waals surface area contributed by atoms with Gasteiger partial charge in [-0.05, 0) is 37.0 Å². The Kier molecular flexibility index (Phi) is 4.14. The number of anilines is 1. The Morgan fingerprint density at radius 2 is 2.33 bits per heavy atom. The van der Waals surface area contributed by atoms with Crippen molar-refractivity contribution >= 4 is 22.9 Å². The van der Waals surface area contributed by atoms with Crippen molar-refractivity contribution in [3.05, 3.63) is 29.6 Å². The van der Waals surface area contributed by atoms with E-state index in [9.17, 15) is 4.39 Å². The van der Waals surface area contributed by atoms with Crippen LogP contribution in [0.25, 0.3) is 0 Å². The Morgan fingerprint density at radius 1 is 1.56 bits per heavy atom. The van der Waals surface area contributed by atoms with Gasteiger partial charge in [0, 0.05) is 30.9 Å². The van der Waals surface area contributed by atoms with Gasteiger partial charge in [-0.3, -0.25) is 0 Å². The second kappa shape index (κ2) is 5.63. The van der Waals surface area contributed by atoms with Crippen LogP contribution in [-0.4, -0.2) is 29.8 Å². The number of halogens is 1. The fourth-order valence-corrected chi connectivity index (χ4v) is 2.61. The van der Waals surface area contributed by atoms with E-state index in [1.54, 1.807) is 6.07 Å². The molecule has 5 heteroatoms. The molecule has 1 heterocycles. The summed E-state index contributed by atoms with van der Waals surface area (Å²) in [6.45, 7) is 1.97. The van der Waals surface area contributed by atoms with Gasteiger partial charge in [0.25, 0.3) is 0 Å². The average molecular weight is 268 g/mol. The molecule has 18 heavy (non-hydrogen) atoms. The van der Waals surface area contributed by atoms with Crippen molar-refractivity contribution in [3.8, 4) is 0 Å². The number of hydrogen-bond acceptors (Lipinski definition) is 3. The van der Waals surface area contributed by atoms with Crippen molar-refractivity contribution in [3.63, 3.8) is 0 Å². The Balaban J connectivity index is 2.21. The lowest BCUT2D eigenvalue weighted by atomic mass is 10.1. The van der Waals surface area contributed by atoms with Crippen LogP contribution in [0.1, 0.15) is 18.4 Å². The van der Waals surface area contributed by atoms with E-state index >= 15 is 0 Å². The van der Waals surface area contributed by atoms with Gasteiger partial charge in [-0.15, -0.1) is 0 Å². The first-order chi connectivity index (χ1) is 8.61. The van der Waals surface area contributed by atoms with E-state index in [1.165, 1.54) is 12.1 Å². The maximum atomic E-state index is 13.2. The molecule has 0 amide bonds. The zero-order chi connectivity index (χ0) is 13.1. The minimum Gasteiger partial charge on any atom is -0.396 e. The zero-order valence-corrected chi connectivity index (χ0v) is 10.9. The van der Waals surface area contributed by atoms with Crippen LogP contribution in [0.2, 0.25) is 0 Å². The normalized spacial score (nSPS) is 19.2. The van der Waals surface area contributed by atoms with Crippen molar-refractivity contribution in [2.45, 2.75) is 12.8 Å². The number of hydrogen-bond donors (Lipinski definition) is 2. The highest BCUT2D eigenvalue weighted by atomic mass is 32.1. The van der Waals surface area contributed by atoms with E-state index in [4.69, 9.17) is 23.1 Å². The number of aliphatic hydroxyl groups is 1. The van der Waals surface area contributed by atoms with E-state index in [1.807, 2.05) is 0 Å². The van der Waals surface area contributed by atoms with Crippen molar-refractivity contribution in [2.24, 2.45) is 11.7 Å². The van der Waals surface area contributed by atoms with Gasteiger partial charge in [0.15, 0.2) is 0 Å². The molecule has 3 nitrogen and oxygen atoms in total. The molecule has 98 valence electrons. The lowest BCUT2D eigenvalue weighted by molar-refractivity contribution is 0.263. The topological polar surface area (TPSA) is 49.5 Å². The maximum absolute atomic E-state index is 13.2. The molecule has 0 bridgehead atoms. The standard InChI is InChI=1S/C13H17FN2OS/c14-10-1-2-12(11(7-10)13(15)18)16-5-3-9(8-16)4-6-17/h1-2,7,9,17H,3-6,8H2,(H2,15,18). The van der Waals surface area contributed by atoms with Crippen LogP contribution >= 0.6 is 12.2 Å². The Hall–Kier alpha value is -1.20. The smallest absolute Gasteiger partial charge is 0.124 e. The summed E-state index contributed by atoms with van der Waals surface area (Å²) < 4.78 is 13.2. The molecule has 0 spiro atoms. The van der Waals surface area contributed by atoms with Crippen molar-refractivity contribution < 1.29 is 9.50 Å². The highest BCUT2D eigenvalue weighted by molar-refractivity contribution is 7.80. The zero-order valence-electron chi connectivity index (χ0n) is 10.1. The van der Waals surface area contributed by atoms with E-state index in [-0.39, 0.29) is 17.4 Å². The fraction of sp³-hybridized carbons (Fsp3) is 0.462. The number of nitrogens with zero attached hydrogens (tertiary/aromatic N) is 1. The summed E-state index contributed by atoms with van der Waals surface area (Å²) in [5.74, 6) is 0.159. The molecule has 0 aromatic heterocycles. The summed E-state index contributed by atoms with van der Waals surface area (Å²) in [6.07, 6.45) is 1.84. The first-order valence-corrected chi connectivity index (χ1v) is 6.48. The quantitative estimate of drug-likeness (QED) is 0.816. The molecular weight excluding hydrogens is 251 g/mol. The monoisotopic (exact) mass is 268 g/mol. The molecule has 2 rings (SSSR count). The van der Waals surface area contributed by atoms with Crippen molar-refractivity contribution in [1.82, 2.24) is 0 Å². The molecular formula is C13H17FN2OS. The van der Waals surface area contributed by atoms with Crippen LogP contribution < -0.4 is 10.6 Å². The summed E-state index contributed by atoms with van der Waals surface area (Å²) in [5.41, 5.74) is 7.13. The van der Waals surface area contributed by atoms with Gasteiger partial charge in [0.1, 0.15) is 10.8 Å². The largest absolute Gasteiger partial charge is 0.396 e. The molecule has 1 saturated heterocycles. The Bertz CT molecular complexity index is 453.